The highest BCUT2D eigenvalue weighted by atomic mass is 79.9. The third-order valence-corrected chi connectivity index (χ3v) is 3.71. The summed E-state index contributed by atoms with van der Waals surface area (Å²) in [5.41, 5.74) is 2.49. The van der Waals surface area contributed by atoms with Crippen molar-refractivity contribution in [3.05, 3.63) is 10.8 Å². The number of carbonyl (C=O) groups excluding carboxylic acids is 1. The van der Waals surface area contributed by atoms with Crippen molar-refractivity contribution in [3.8, 4) is 0 Å². The van der Waals surface area contributed by atoms with Gasteiger partial charge in [0.25, 0.3) is 0 Å². The summed E-state index contributed by atoms with van der Waals surface area (Å²) in [6.07, 6.45) is 3.20. The van der Waals surface area contributed by atoms with Crippen molar-refractivity contribution in [3.63, 3.8) is 0 Å². The summed E-state index contributed by atoms with van der Waals surface area (Å²) in [6.45, 7) is 0.789. The van der Waals surface area contributed by atoms with E-state index in [0.717, 1.165) is 19.4 Å². The van der Waals surface area contributed by atoms with Crippen LogP contribution in [0.15, 0.2) is 10.8 Å². The van der Waals surface area contributed by atoms with E-state index in [1.807, 2.05) is 4.90 Å². The molecule has 98 valence electrons. The van der Waals surface area contributed by atoms with E-state index < -0.39 is 0 Å². The summed E-state index contributed by atoms with van der Waals surface area (Å²) in [7, 11) is 1.64. The summed E-state index contributed by atoms with van der Waals surface area (Å²) in [5, 5.41) is 2.68. The Morgan fingerprint density at radius 2 is 2.39 bits per heavy atom. The quantitative estimate of drug-likeness (QED) is 0.546. The number of nitrogens with one attached hydrogen (secondary N) is 2. The fourth-order valence-corrected chi connectivity index (χ4v) is 2.67. The Balaban J connectivity index is 2.33. The Bertz CT molecular complexity index is 454. The van der Waals surface area contributed by atoms with Gasteiger partial charge in [0, 0.05) is 13.6 Å². The molecule has 1 fully saturated rings. The van der Waals surface area contributed by atoms with Gasteiger partial charge in [-0.2, -0.15) is 0 Å². The lowest BCUT2D eigenvalue weighted by molar-refractivity contribution is -0.121. The number of rotatable bonds is 3. The van der Waals surface area contributed by atoms with Gasteiger partial charge >= 0.3 is 0 Å². The zero-order chi connectivity index (χ0) is 13.1. The zero-order valence-corrected chi connectivity index (χ0v) is 11.6. The monoisotopic (exact) mass is 314 g/mol. The molecule has 0 aromatic carbocycles. The first-order valence-corrected chi connectivity index (χ1v) is 6.43. The molecule has 1 aliphatic rings. The predicted molar refractivity (Wildman–Crippen MR) is 72.0 cm³/mol. The second-order valence-corrected chi connectivity index (χ2v) is 4.76. The Kier molecular flexibility index (Phi) is 3.97. The standard InChI is InChI=1S/C10H15BrN6O/c1-13-10(18)6-3-2-4-17(6)9-7(11)8(16-12)14-5-15-9/h5-6H,2-4,12H2,1H3,(H,13,18)(H,14,15,16). The normalized spacial score (nSPS) is 18.8. The molecule has 1 saturated heterocycles. The molecule has 4 N–H and O–H groups in total. The van der Waals surface area contributed by atoms with Crippen LogP contribution in [0.25, 0.3) is 0 Å². The van der Waals surface area contributed by atoms with E-state index in [1.54, 1.807) is 7.05 Å². The second kappa shape index (κ2) is 5.49. The summed E-state index contributed by atoms with van der Waals surface area (Å²) in [6, 6.07) is -0.188. The zero-order valence-electron chi connectivity index (χ0n) is 9.98. The predicted octanol–water partition coefficient (Wildman–Crippen LogP) is 0.239. The smallest absolute Gasteiger partial charge is 0.242 e. The second-order valence-electron chi connectivity index (χ2n) is 3.97. The van der Waals surface area contributed by atoms with Crippen LogP contribution < -0.4 is 21.5 Å². The summed E-state index contributed by atoms with van der Waals surface area (Å²) in [4.78, 5) is 22.0. The molecule has 1 atom stereocenters. The number of hydrazine groups is 1. The molecule has 1 aromatic rings. The number of halogens is 1. The van der Waals surface area contributed by atoms with E-state index in [-0.39, 0.29) is 11.9 Å². The fourth-order valence-electron chi connectivity index (χ4n) is 2.12. The first-order valence-electron chi connectivity index (χ1n) is 5.64. The van der Waals surface area contributed by atoms with Crippen molar-refractivity contribution in [2.45, 2.75) is 18.9 Å². The van der Waals surface area contributed by atoms with Crippen LogP contribution in [-0.2, 0) is 4.79 Å². The van der Waals surface area contributed by atoms with Crippen LogP contribution in [0.5, 0.6) is 0 Å². The molecule has 0 radical (unpaired) electrons. The molecule has 1 amide bonds. The van der Waals surface area contributed by atoms with Crippen molar-refractivity contribution in [1.82, 2.24) is 15.3 Å². The van der Waals surface area contributed by atoms with Gasteiger partial charge in [0.1, 0.15) is 22.7 Å². The SMILES string of the molecule is CNC(=O)C1CCCN1c1ncnc(NN)c1Br. The van der Waals surface area contributed by atoms with E-state index in [4.69, 9.17) is 5.84 Å². The minimum Gasteiger partial charge on any atom is -0.357 e. The molecule has 18 heavy (non-hydrogen) atoms. The van der Waals surface area contributed by atoms with Crippen LogP contribution in [0, 0.1) is 0 Å². The minimum absolute atomic E-state index is 0.000250. The number of carbonyl (C=O) groups is 1. The first-order chi connectivity index (χ1) is 8.69. The first kappa shape index (κ1) is 13.0. The van der Waals surface area contributed by atoms with Gasteiger partial charge in [0.15, 0.2) is 5.82 Å². The van der Waals surface area contributed by atoms with E-state index in [0.29, 0.717) is 16.1 Å². The molecule has 8 heteroatoms. The average molecular weight is 315 g/mol. The maximum absolute atomic E-state index is 11.8. The van der Waals surface area contributed by atoms with Crippen LogP contribution in [0.1, 0.15) is 12.8 Å². The average Bonchev–Trinajstić information content (AvgIpc) is 2.87. The lowest BCUT2D eigenvalue weighted by Gasteiger charge is -2.25. The third kappa shape index (κ3) is 2.25. The van der Waals surface area contributed by atoms with Gasteiger partial charge in [0.05, 0.1) is 0 Å². The molecular weight excluding hydrogens is 300 g/mol. The number of amides is 1. The molecule has 1 aromatic heterocycles. The fraction of sp³-hybridized carbons (Fsp3) is 0.500. The topological polar surface area (TPSA) is 96.2 Å². The highest BCUT2D eigenvalue weighted by molar-refractivity contribution is 9.10. The van der Waals surface area contributed by atoms with Crippen molar-refractivity contribution in [2.75, 3.05) is 23.9 Å². The van der Waals surface area contributed by atoms with Gasteiger partial charge in [-0.05, 0) is 28.8 Å². The van der Waals surface area contributed by atoms with Gasteiger partial charge < -0.3 is 15.6 Å². The van der Waals surface area contributed by atoms with Crippen LogP contribution in [0.3, 0.4) is 0 Å². The van der Waals surface area contributed by atoms with Gasteiger partial charge in [0.2, 0.25) is 5.91 Å². The lowest BCUT2D eigenvalue weighted by atomic mass is 10.2. The molecule has 2 rings (SSSR count). The Morgan fingerprint density at radius 3 is 3.06 bits per heavy atom. The van der Waals surface area contributed by atoms with Crippen molar-refractivity contribution < 1.29 is 4.79 Å². The van der Waals surface area contributed by atoms with E-state index in [9.17, 15) is 4.79 Å². The van der Waals surface area contributed by atoms with Crippen LogP contribution in [0.2, 0.25) is 0 Å². The molecule has 7 nitrogen and oxygen atoms in total. The molecule has 1 unspecified atom stereocenters. The largest absolute Gasteiger partial charge is 0.357 e. The lowest BCUT2D eigenvalue weighted by Crippen LogP contribution is -2.42. The minimum atomic E-state index is -0.188. The Hall–Kier alpha value is -1.41. The molecular formula is C10H15BrN6O. The van der Waals surface area contributed by atoms with Crippen molar-refractivity contribution >= 4 is 33.5 Å². The number of anilines is 2. The Labute approximate surface area is 113 Å². The van der Waals surface area contributed by atoms with Gasteiger partial charge in [-0.1, -0.05) is 0 Å². The highest BCUT2D eigenvalue weighted by Gasteiger charge is 2.32. The van der Waals surface area contributed by atoms with Gasteiger partial charge in [-0.25, -0.2) is 15.8 Å². The molecule has 0 aliphatic carbocycles. The highest BCUT2D eigenvalue weighted by Crippen LogP contribution is 2.33. The van der Waals surface area contributed by atoms with Crippen LogP contribution in [0.4, 0.5) is 11.6 Å². The molecule has 1 aliphatic heterocycles. The molecule has 0 spiro atoms. The Morgan fingerprint density at radius 1 is 1.61 bits per heavy atom. The summed E-state index contributed by atoms with van der Waals surface area (Å²) in [5.74, 6) is 6.56. The number of nitrogen functional groups attached to an aromatic ring is 1. The van der Waals surface area contributed by atoms with E-state index >= 15 is 0 Å². The van der Waals surface area contributed by atoms with Crippen molar-refractivity contribution in [1.29, 1.82) is 0 Å². The maximum Gasteiger partial charge on any atom is 0.242 e. The molecule has 2 heterocycles. The number of likely N-dealkylation sites (N-methyl/N-ethyl adjacent to an activating group) is 1. The third-order valence-electron chi connectivity index (χ3n) is 2.98. The van der Waals surface area contributed by atoms with E-state index in [2.05, 4.69) is 36.6 Å². The molecule has 0 bridgehead atoms. The van der Waals surface area contributed by atoms with Gasteiger partial charge in [-0.3, -0.25) is 4.79 Å². The number of nitrogens with two attached hydrogens (primary N) is 1. The summed E-state index contributed by atoms with van der Waals surface area (Å²) < 4.78 is 0.670. The number of aromatic nitrogens is 2. The van der Waals surface area contributed by atoms with Crippen molar-refractivity contribution in [2.24, 2.45) is 5.84 Å². The molecule has 0 saturated carbocycles. The number of nitrogens with zero attached hydrogens (tertiary/aromatic N) is 3. The number of hydrogen-bond acceptors (Lipinski definition) is 6. The maximum atomic E-state index is 11.8. The van der Waals surface area contributed by atoms with E-state index in [1.165, 1.54) is 6.33 Å². The van der Waals surface area contributed by atoms with Crippen LogP contribution in [-0.4, -0.2) is 35.5 Å². The summed E-state index contributed by atoms with van der Waals surface area (Å²) >= 11 is 3.41. The van der Waals surface area contributed by atoms with Crippen LogP contribution >= 0.6 is 15.9 Å². The number of hydrogen-bond donors (Lipinski definition) is 3. The van der Waals surface area contributed by atoms with Gasteiger partial charge in [-0.15, -0.1) is 0 Å².